The van der Waals surface area contributed by atoms with Crippen molar-refractivity contribution in [1.82, 2.24) is 19.7 Å². The highest BCUT2D eigenvalue weighted by Gasteiger charge is 2.26. The van der Waals surface area contributed by atoms with Gasteiger partial charge in [-0.2, -0.15) is 5.10 Å². The van der Waals surface area contributed by atoms with Crippen LogP contribution in [0, 0.1) is 18.6 Å². The van der Waals surface area contributed by atoms with Crippen molar-refractivity contribution < 1.29 is 18.3 Å². The number of hydrogen-bond donors (Lipinski definition) is 0. The molecule has 0 bridgehead atoms. The van der Waals surface area contributed by atoms with Gasteiger partial charge in [0, 0.05) is 56.5 Å². The molecule has 1 aliphatic heterocycles. The summed E-state index contributed by atoms with van der Waals surface area (Å²) in [6, 6.07) is 6.90. The summed E-state index contributed by atoms with van der Waals surface area (Å²) in [5.41, 5.74) is 3.23. The van der Waals surface area contributed by atoms with Crippen LogP contribution in [0.1, 0.15) is 29.0 Å². The van der Waals surface area contributed by atoms with Crippen LogP contribution in [-0.2, 0) is 7.05 Å². The Hall–Kier alpha value is -3.29. The number of ether oxygens (including phenoxy) is 1. The van der Waals surface area contributed by atoms with E-state index in [9.17, 15) is 13.6 Å². The maximum Gasteiger partial charge on any atom is 0.272 e. The molecule has 156 valence electrons. The summed E-state index contributed by atoms with van der Waals surface area (Å²) in [5.74, 6) is -1.48. The molecule has 0 spiro atoms. The third-order valence-electron chi connectivity index (χ3n) is 5.44. The van der Waals surface area contributed by atoms with Crippen LogP contribution in [-0.4, -0.2) is 44.8 Å². The molecule has 4 rings (SSSR count). The number of hydrogen-bond acceptors (Lipinski definition) is 4. The van der Waals surface area contributed by atoms with Crippen LogP contribution < -0.4 is 4.74 Å². The van der Waals surface area contributed by atoms with Crippen LogP contribution in [0.25, 0.3) is 11.1 Å². The minimum atomic E-state index is -0.722. The number of likely N-dealkylation sites (tertiary alicyclic amines) is 1. The predicted octanol–water partition coefficient (Wildman–Crippen LogP) is 3.75. The van der Waals surface area contributed by atoms with E-state index in [0.29, 0.717) is 31.6 Å². The lowest BCUT2D eigenvalue weighted by Gasteiger charge is -2.32. The van der Waals surface area contributed by atoms with Crippen LogP contribution in [0.3, 0.4) is 0 Å². The van der Waals surface area contributed by atoms with E-state index in [0.717, 1.165) is 22.9 Å². The van der Waals surface area contributed by atoms with Gasteiger partial charge in [0.25, 0.3) is 5.91 Å². The van der Waals surface area contributed by atoms with E-state index in [2.05, 4.69) is 10.1 Å². The highest BCUT2D eigenvalue weighted by molar-refractivity contribution is 5.93. The molecule has 1 aromatic carbocycles. The van der Waals surface area contributed by atoms with E-state index < -0.39 is 11.6 Å². The number of piperidine rings is 1. The molecular weight excluding hydrogens is 390 g/mol. The molecule has 0 radical (unpaired) electrons. The fraction of sp³-hybridized carbons (Fsp3) is 0.318. The van der Waals surface area contributed by atoms with Gasteiger partial charge in [-0.15, -0.1) is 0 Å². The number of amides is 1. The molecule has 0 unspecified atom stereocenters. The predicted molar refractivity (Wildman–Crippen MR) is 107 cm³/mol. The summed E-state index contributed by atoms with van der Waals surface area (Å²) in [5, 5.41) is 4.25. The number of carbonyl (C=O) groups is 1. The van der Waals surface area contributed by atoms with E-state index in [1.807, 2.05) is 20.0 Å². The molecule has 0 aliphatic carbocycles. The second-order valence-corrected chi connectivity index (χ2v) is 7.38. The van der Waals surface area contributed by atoms with Crippen molar-refractivity contribution in [2.45, 2.75) is 25.9 Å². The number of nitrogens with zero attached hydrogens (tertiary/aromatic N) is 4. The third-order valence-corrected chi connectivity index (χ3v) is 5.44. The maximum atomic E-state index is 13.8. The molecule has 8 heteroatoms. The summed E-state index contributed by atoms with van der Waals surface area (Å²) in [4.78, 5) is 18.9. The van der Waals surface area contributed by atoms with Gasteiger partial charge in [0.15, 0.2) is 11.6 Å². The first-order chi connectivity index (χ1) is 14.4. The molecule has 6 nitrogen and oxygen atoms in total. The van der Waals surface area contributed by atoms with Crippen LogP contribution in [0.5, 0.6) is 5.75 Å². The van der Waals surface area contributed by atoms with E-state index in [1.54, 1.807) is 28.0 Å². The summed E-state index contributed by atoms with van der Waals surface area (Å²) >= 11 is 0. The third kappa shape index (κ3) is 4.03. The van der Waals surface area contributed by atoms with Crippen molar-refractivity contribution in [1.29, 1.82) is 0 Å². The number of carbonyl (C=O) groups excluding carboxylic acids is 1. The van der Waals surface area contributed by atoms with E-state index >= 15 is 0 Å². The summed E-state index contributed by atoms with van der Waals surface area (Å²) < 4.78 is 34.3. The molecular formula is C22H22F2N4O2. The first-order valence-corrected chi connectivity index (χ1v) is 9.78. The second-order valence-electron chi connectivity index (χ2n) is 7.38. The average molecular weight is 412 g/mol. The SMILES string of the molecule is Cc1c(-c2ccnc(C(=O)N3CCC(Oc4ccc(F)cc4F)CC3)c2)cnn1C. The molecule has 30 heavy (non-hydrogen) atoms. The van der Waals surface area contributed by atoms with E-state index in [-0.39, 0.29) is 17.8 Å². The second kappa shape index (κ2) is 8.22. The number of rotatable bonds is 4. The van der Waals surface area contributed by atoms with Crippen molar-refractivity contribution in [2.24, 2.45) is 7.05 Å². The van der Waals surface area contributed by atoms with Crippen molar-refractivity contribution in [2.75, 3.05) is 13.1 Å². The van der Waals surface area contributed by atoms with Gasteiger partial charge in [-0.05, 0) is 36.8 Å². The zero-order chi connectivity index (χ0) is 21.3. The fourth-order valence-electron chi connectivity index (χ4n) is 3.59. The Balaban J connectivity index is 1.41. The van der Waals surface area contributed by atoms with E-state index in [4.69, 9.17) is 4.74 Å². The zero-order valence-corrected chi connectivity index (χ0v) is 16.8. The van der Waals surface area contributed by atoms with Crippen LogP contribution in [0.4, 0.5) is 8.78 Å². The summed E-state index contributed by atoms with van der Waals surface area (Å²) in [6.07, 6.45) is 4.29. The lowest BCUT2D eigenvalue weighted by Crippen LogP contribution is -2.42. The number of benzene rings is 1. The molecule has 0 atom stereocenters. The monoisotopic (exact) mass is 412 g/mol. The van der Waals surface area contributed by atoms with E-state index in [1.165, 1.54) is 12.1 Å². The molecule has 1 saturated heterocycles. The molecule has 3 aromatic rings. The normalized spacial score (nSPS) is 14.7. The van der Waals surface area contributed by atoms with Gasteiger partial charge in [0.2, 0.25) is 0 Å². The fourth-order valence-corrected chi connectivity index (χ4v) is 3.59. The molecule has 2 aromatic heterocycles. The Morgan fingerprint density at radius 1 is 1.17 bits per heavy atom. The maximum absolute atomic E-state index is 13.8. The topological polar surface area (TPSA) is 60.3 Å². The Morgan fingerprint density at radius 2 is 1.93 bits per heavy atom. The number of aryl methyl sites for hydroxylation is 1. The van der Waals surface area contributed by atoms with Crippen LogP contribution >= 0.6 is 0 Å². The molecule has 1 amide bonds. The quantitative estimate of drug-likeness (QED) is 0.655. The lowest BCUT2D eigenvalue weighted by molar-refractivity contribution is 0.0583. The van der Waals surface area contributed by atoms with Crippen molar-refractivity contribution in [3.05, 3.63) is 65.7 Å². The van der Waals surface area contributed by atoms with Gasteiger partial charge >= 0.3 is 0 Å². The van der Waals surface area contributed by atoms with Gasteiger partial charge in [-0.3, -0.25) is 14.5 Å². The number of halogens is 2. The van der Waals surface area contributed by atoms with Crippen LogP contribution in [0.15, 0.2) is 42.7 Å². The van der Waals surface area contributed by atoms with Crippen molar-refractivity contribution >= 4 is 5.91 Å². The zero-order valence-electron chi connectivity index (χ0n) is 16.8. The lowest BCUT2D eigenvalue weighted by atomic mass is 10.1. The Labute approximate surface area is 173 Å². The Morgan fingerprint density at radius 3 is 2.60 bits per heavy atom. The molecule has 1 aliphatic rings. The summed E-state index contributed by atoms with van der Waals surface area (Å²) in [6.45, 7) is 2.92. The van der Waals surface area contributed by atoms with Gasteiger partial charge in [-0.1, -0.05) is 0 Å². The molecule has 0 saturated carbocycles. The smallest absolute Gasteiger partial charge is 0.272 e. The van der Waals surface area contributed by atoms with Crippen LogP contribution in [0.2, 0.25) is 0 Å². The first-order valence-electron chi connectivity index (χ1n) is 9.78. The Kier molecular flexibility index (Phi) is 5.48. The largest absolute Gasteiger partial charge is 0.487 e. The summed E-state index contributed by atoms with van der Waals surface area (Å²) in [7, 11) is 1.87. The van der Waals surface area contributed by atoms with Crippen molar-refractivity contribution in [3.8, 4) is 16.9 Å². The van der Waals surface area contributed by atoms with Gasteiger partial charge in [0.05, 0.1) is 6.20 Å². The van der Waals surface area contributed by atoms with Gasteiger partial charge < -0.3 is 9.64 Å². The van der Waals surface area contributed by atoms with Crippen molar-refractivity contribution in [3.63, 3.8) is 0 Å². The molecule has 3 heterocycles. The minimum absolute atomic E-state index is 0.0300. The average Bonchev–Trinajstić information content (AvgIpc) is 3.09. The molecule has 0 N–H and O–H groups in total. The number of pyridine rings is 1. The van der Waals surface area contributed by atoms with Gasteiger partial charge in [-0.25, -0.2) is 8.78 Å². The Bertz CT molecular complexity index is 1070. The first kappa shape index (κ1) is 20.0. The highest BCUT2D eigenvalue weighted by Crippen LogP contribution is 2.25. The van der Waals surface area contributed by atoms with Gasteiger partial charge in [0.1, 0.15) is 17.6 Å². The highest BCUT2D eigenvalue weighted by atomic mass is 19.1. The standard InChI is InChI=1S/C22H22F2N4O2/c1-14-18(13-26-27(14)2)15-5-8-25-20(11-15)22(29)28-9-6-17(7-10-28)30-21-4-3-16(23)12-19(21)24/h3-5,8,11-13,17H,6-7,9-10H2,1-2H3. The molecule has 1 fully saturated rings. The number of aromatic nitrogens is 3. The minimum Gasteiger partial charge on any atom is -0.487 e.